The predicted octanol–water partition coefficient (Wildman–Crippen LogP) is 2.87. The Hall–Kier alpha value is -1.02. The van der Waals surface area contributed by atoms with E-state index < -0.39 is 5.38 Å². The molecule has 1 rings (SSSR count). The summed E-state index contributed by atoms with van der Waals surface area (Å²) >= 11 is 5.67. The van der Waals surface area contributed by atoms with Gasteiger partial charge in [-0.2, -0.15) is 0 Å². The quantitative estimate of drug-likeness (QED) is 0.749. The number of amides is 1. The van der Waals surface area contributed by atoms with Gasteiger partial charge >= 0.3 is 0 Å². The first-order valence-electron chi connectivity index (χ1n) is 4.53. The molecule has 1 aromatic rings. The monoisotopic (exact) mass is 211 g/mol. The van der Waals surface area contributed by atoms with Gasteiger partial charge in [0.15, 0.2) is 0 Å². The molecule has 0 saturated heterocycles. The lowest BCUT2D eigenvalue weighted by Gasteiger charge is -2.11. The topological polar surface area (TPSA) is 29.1 Å². The second-order valence-corrected chi connectivity index (χ2v) is 4.03. The Morgan fingerprint density at radius 2 is 1.86 bits per heavy atom. The van der Waals surface area contributed by atoms with Crippen LogP contribution in [0, 0.1) is 13.8 Å². The van der Waals surface area contributed by atoms with E-state index in [-0.39, 0.29) is 5.91 Å². The second kappa shape index (κ2) is 4.47. The summed E-state index contributed by atoms with van der Waals surface area (Å²) in [5.74, 6) is -0.163. The number of carbonyl (C=O) groups excluding carboxylic acids is 1. The molecule has 0 aliphatic heterocycles. The predicted molar refractivity (Wildman–Crippen MR) is 59.9 cm³/mol. The fourth-order valence-corrected chi connectivity index (χ4v) is 1.29. The molecule has 76 valence electrons. The molecule has 1 aromatic carbocycles. The van der Waals surface area contributed by atoms with E-state index in [2.05, 4.69) is 5.32 Å². The maximum atomic E-state index is 11.4. The summed E-state index contributed by atoms with van der Waals surface area (Å²) in [6.07, 6.45) is 0. The zero-order valence-electron chi connectivity index (χ0n) is 8.60. The fourth-order valence-electron chi connectivity index (χ4n) is 1.23. The Morgan fingerprint density at radius 3 is 2.29 bits per heavy atom. The highest BCUT2D eigenvalue weighted by Crippen LogP contribution is 2.19. The maximum Gasteiger partial charge on any atom is 0.242 e. The van der Waals surface area contributed by atoms with Crippen molar-refractivity contribution in [2.45, 2.75) is 26.1 Å². The molecular formula is C11H14ClNO. The summed E-state index contributed by atoms with van der Waals surface area (Å²) < 4.78 is 0. The number of alkyl halides is 1. The van der Waals surface area contributed by atoms with Gasteiger partial charge in [-0.3, -0.25) is 4.79 Å². The van der Waals surface area contributed by atoms with Crippen LogP contribution in [0.25, 0.3) is 0 Å². The van der Waals surface area contributed by atoms with Gasteiger partial charge in [-0.15, -0.1) is 11.6 Å². The molecule has 14 heavy (non-hydrogen) atoms. The number of benzene rings is 1. The molecule has 0 radical (unpaired) electrons. The van der Waals surface area contributed by atoms with Crippen molar-refractivity contribution >= 4 is 23.2 Å². The largest absolute Gasteiger partial charge is 0.324 e. The Kier molecular flexibility index (Phi) is 3.53. The average Bonchev–Trinajstić information content (AvgIpc) is 2.11. The first-order chi connectivity index (χ1) is 6.52. The molecule has 0 heterocycles. The summed E-state index contributed by atoms with van der Waals surface area (Å²) in [4.78, 5) is 11.4. The summed E-state index contributed by atoms with van der Waals surface area (Å²) in [6.45, 7) is 5.58. The van der Waals surface area contributed by atoms with Crippen molar-refractivity contribution in [3.05, 3.63) is 29.3 Å². The first kappa shape index (κ1) is 11.1. The van der Waals surface area contributed by atoms with E-state index in [0.29, 0.717) is 0 Å². The lowest BCUT2D eigenvalue weighted by atomic mass is 10.1. The minimum atomic E-state index is -0.506. The normalized spacial score (nSPS) is 12.3. The zero-order valence-corrected chi connectivity index (χ0v) is 9.35. The van der Waals surface area contributed by atoms with Crippen LogP contribution in [0.5, 0.6) is 0 Å². The van der Waals surface area contributed by atoms with Crippen molar-refractivity contribution < 1.29 is 4.79 Å². The van der Waals surface area contributed by atoms with Crippen LogP contribution in [0.1, 0.15) is 18.1 Å². The minimum Gasteiger partial charge on any atom is -0.324 e. The van der Waals surface area contributed by atoms with E-state index in [0.717, 1.165) is 16.8 Å². The van der Waals surface area contributed by atoms with Crippen LogP contribution in [0.15, 0.2) is 18.2 Å². The molecule has 1 atom stereocenters. The number of carbonyl (C=O) groups is 1. The van der Waals surface area contributed by atoms with Crippen LogP contribution in [0.3, 0.4) is 0 Å². The van der Waals surface area contributed by atoms with Gasteiger partial charge in [0.1, 0.15) is 5.38 Å². The van der Waals surface area contributed by atoms with Gasteiger partial charge in [-0.05, 0) is 31.9 Å². The maximum absolute atomic E-state index is 11.4. The molecular weight excluding hydrogens is 198 g/mol. The fraction of sp³-hybridized carbons (Fsp3) is 0.364. The van der Waals surface area contributed by atoms with Gasteiger partial charge in [-0.25, -0.2) is 0 Å². The highest BCUT2D eigenvalue weighted by Gasteiger charge is 2.11. The Labute approximate surface area is 89.3 Å². The highest BCUT2D eigenvalue weighted by atomic mass is 35.5. The van der Waals surface area contributed by atoms with E-state index in [4.69, 9.17) is 11.6 Å². The van der Waals surface area contributed by atoms with Crippen LogP contribution in [0.4, 0.5) is 5.69 Å². The molecule has 0 saturated carbocycles. The van der Waals surface area contributed by atoms with Crippen LogP contribution in [0.2, 0.25) is 0 Å². The Morgan fingerprint density at radius 1 is 1.36 bits per heavy atom. The molecule has 2 nitrogen and oxygen atoms in total. The molecule has 1 amide bonds. The van der Waals surface area contributed by atoms with Crippen LogP contribution < -0.4 is 5.32 Å². The molecule has 0 spiro atoms. The number of nitrogens with one attached hydrogen (secondary N) is 1. The second-order valence-electron chi connectivity index (χ2n) is 3.37. The van der Waals surface area contributed by atoms with Crippen molar-refractivity contribution in [1.82, 2.24) is 0 Å². The summed E-state index contributed by atoms with van der Waals surface area (Å²) in [5.41, 5.74) is 2.97. The van der Waals surface area contributed by atoms with Crippen molar-refractivity contribution in [3.63, 3.8) is 0 Å². The average molecular weight is 212 g/mol. The standard InChI is InChI=1S/C11H14ClNO/c1-7-5-4-6-8(2)10(7)13-11(14)9(3)12/h4-6,9H,1-3H3,(H,13,14)/t9-/m1/s1. The highest BCUT2D eigenvalue weighted by molar-refractivity contribution is 6.32. The number of halogens is 1. The van der Waals surface area contributed by atoms with E-state index in [1.54, 1.807) is 6.92 Å². The van der Waals surface area contributed by atoms with Gasteiger partial charge in [0.05, 0.1) is 0 Å². The van der Waals surface area contributed by atoms with Gasteiger partial charge in [0.2, 0.25) is 5.91 Å². The van der Waals surface area contributed by atoms with Crippen LogP contribution in [-0.2, 0) is 4.79 Å². The third-order valence-electron chi connectivity index (χ3n) is 2.09. The number of hydrogen-bond donors (Lipinski definition) is 1. The summed E-state index contributed by atoms with van der Waals surface area (Å²) in [7, 11) is 0. The van der Waals surface area contributed by atoms with Crippen molar-refractivity contribution in [1.29, 1.82) is 0 Å². The third kappa shape index (κ3) is 2.48. The van der Waals surface area contributed by atoms with Crippen molar-refractivity contribution in [2.24, 2.45) is 0 Å². The Balaban J connectivity index is 2.91. The van der Waals surface area contributed by atoms with E-state index >= 15 is 0 Å². The molecule has 3 heteroatoms. The van der Waals surface area contributed by atoms with Gasteiger partial charge in [0.25, 0.3) is 0 Å². The SMILES string of the molecule is Cc1cccc(C)c1NC(=O)[C@@H](C)Cl. The summed E-state index contributed by atoms with van der Waals surface area (Å²) in [6, 6.07) is 5.88. The Bertz CT molecular complexity index is 327. The molecule has 0 fully saturated rings. The number of hydrogen-bond acceptors (Lipinski definition) is 1. The van der Waals surface area contributed by atoms with Crippen LogP contribution >= 0.6 is 11.6 Å². The number of anilines is 1. The van der Waals surface area contributed by atoms with E-state index in [1.807, 2.05) is 32.0 Å². The smallest absolute Gasteiger partial charge is 0.242 e. The number of para-hydroxylation sites is 1. The molecule has 0 unspecified atom stereocenters. The molecule has 0 bridgehead atoms. The van der Waals surface area contributed by atoms with Crippen molar-refractivity contribution in [3.8, 4) is 0 Å². The van der Waals surface area contributed by atoms with Gasteiger partial charge in [0, 0.05) is 5.69 Å². The third-order valence-corrected chi connectivity index (χ3v) is 2.29. The van der Waals surface area contributed by atoms with Crippen molar-refractivity contribution in [2.75, 3.05) is 5.32 Å². The lowest BCUT2D eigenvalue weighted by Crippen LogP contribution is -2.21. The van der Waals surface area contributed by atoms with E-state index in [9.17, 15) is 4.79 Å². The molecule has 0 aliphatic carbocycles. The number of aryl methyl sites for hydroxylation is 2. The molecule has 0 aromatic heterocycles. The molecule has 0 aliphatic rings. The van der Waals surface area contributed by atoms with E-state index in [1.165, 1.54) is 0 Å². The zero-order chi connectivity index (χ0) is 10.7. The van der Waals surface area contributed by atoms with Crippen LogP contribution in [-0.4, -0.2) is 11.3 Å². The number of rotatable bonds is 2. The van der Waals surface area contributed by atoms with Gasteiger partial charge < -0.3 is 5.32 Å². The summed E-state index contributed by atoms with van der Waals surface area (Å²) in [5, 5.41) is 2.30. The van der Waals surface area contributed by atoms with Gasteiger partial charge in [-0.1, -0.05) is 18.2 Å². The lowest BCUT2D eigenvalue weighted by molar-refractivity contribution is -0.115. The first-order valence-corrected chi connectivity index (χ1v) is 4.97. The minimum absolute atomic E-state index is 0.163. The molecule has 1 N–H and O–H groups in total.